The Morgan fingerprint density at radius 2 is 1.64 bits per heavy atom. The molecule has 3 aliphatic carbocycles. The molecule has 0 aromatic carbocycles. The molecule has 6 atom stereocenters. The molecule has 0 amide bonds. The van der Waals surface area contributed by atoms with Crippen molar-refractivity contribution in [2.45, 2.75) is 93.1 Å². The van der Waals surface area contributed by atoms with Crippen LogP contribution in [0.5, 0.6) is 0 Å². The minimum Gasteiger partial charge on any atom is -0.462 e. The first-order valence-corrected chi connectivity index (χ1v) is 12.5. The number of rotatable bonds is 6. The molecule has 6 heteroatoms. The van der Waals surface area contributed by atoms with Gasteiger partial charge in [-0.25, -0.2) is 0 Å². The zero-order valence-corrected chi connectivity index (χ0v) is 21.5. The second-order valence-electron chi connectivity index (χ2n) is 11.7. The third-order valence-corrected chi connectivity index (χ3v) is 9.12. The SMILES string of the molecule is CC(=O)OC[C@@H](COC(=O)[C@H]1[C@H](C)CC[C@]2(C)[C@H]3CCCC(C)(C)C3=CC[C@]12C)OC(C)=O. The monoisotopic (exact) mass is 462 g/mol. The van der Waals surface area contributed by atoms with Crippen molar-refractivity contribution in [3.63, 3.8) is 0 Å². The van der Waals surface area contributed by atoms with E-state index in [-0.39, 0.29) is 47.3 Å². The van der Waals surface area contributed by atoms with Gasteiger partial charge in [0.1, 0.15) is 13.2 Å². The Bertz CT molecular complexity index is 813. The highest BCUT2D eigenvalue weighted by Crippen LogP contribution is 2.68. The number of ether oxygens (including phenoxy) is 3. The molecule has 0 aliphatic heterocycles. The fraction of sp³-hybridized carbons (Fsp3) is 0.815. The summed E-state index contributed by atoms with van der Waals surface area (Å²) < 4.78 is 16.0. The summed E-state index contributed by atoms with van der Waals surface area (Å²) in [6.07, 6.45) is 8.27. The van der Waals surface area contributed by atoms with Crippen LogP contribution in [0, 0.1) is 34.0 Å². The van der Waals surface area contributed by atoms with Crippen molar-refractivity contribution in [3.05, 3.63) is 11.6 Å². The predicted octanol–water partition coefficient (Wildman–Crippen LogP) is 5.24. The minimum absolute atomic E-state index is 0.0397. The van der Waals surface area contributed by atoms with Gasteiger partial charge in [0, 0.05) is 13.8 Å². The van der Waals surface area contributed by atoms with Crippen molar-refractivity contribution in [2.75, 3.05) is 13.2 Å². The summed E-state index contributed by atoms with van der Waals surface area (Å²) in [7, 11) is 0. The maximum absolute atomic E-state index is 13.5. The van der Waals surface area contributed by atoms with Crippen LogP contribution >= 0.6 is 0 Å². The zero-order valence-electron chi connectivity index (χ0n) is 21.5. The summed E-state index contributed by atoms with van der Waals surface area (Å²) in [5.41, 5.74) is 1.65. The maximum atomic E-state index is 13.5. The molecule has 0 N–H and O–H groups in total. The van der Waals surface area contributed by atoms with Crippen LogP contribution < -0.4 is 0 Å². The molecule has 0 saturated heterocycles. The van der Waals surface area contributed by atoms with Gasteiger partial charge in [0.2, 0.25) is 0 Å². The number of carbonyl (C=O) groups is 3. The number of fused-ring (bicyclic) bond motifs is 3. The Morgan fingerprint density at radius 3 is 2.27 bits per heavy atom. The van der Waals surface area contributed by atoms with E-state index in [0.717, 1.165) is 19.3 Å². The van der Waals surface area contributed by atoms with Crippen molar-refractivity contribution < 1.29 is 28.6 Å². The van der Waals surface area contributed by atoms with E-state index in [1.807, 2.05) is 0 Å². The van der Waals surface area contributed by atoms with Crippen LogP contribution in [0.4, 0.5) is 0 Å². The first-order chi connectivity index (χ1) is 15.3. The van der Waals surface area contributed by atoms with Crippen molar-refractivity contribution in [1.29, 1.82) is 0 Å². The lowest BCUT2D eigenvalue weighted by Crippen LogP contribution is -2.58. The fourth-order valence-corrected chi connectivity index (χ4v) is 7.14. The number of hydrogen-bond donors (Lipinski definition) is 0. The molecule has 33 heavy (non-hydrogen) atoms. The van der Waals surface area contributed by atoms with Crippen molar-refractivity contribution in [3.8, 4) is 0 Å². The van der Waals surface area contributed by atoms with E-state index in [9.17, 15) is 14.4 Å². The van der Waals surface area contributed by atoms with E-state index in [1.165, 1.54) is 33.1 Å². The van der Waals surface area contributed by atoms with Gasteiger partial charge in [-0.15, -0.1) is 0 Å². The molecule has 186 valence electrons. The van der Waals surface area contributed by atoms with Crippen molar-refractivity contribution in [2.24, 2.45) is 34.0 Å². The van der Waals surface area contributed by atoms with Gasteiger partial charge in [-0.2, -0.15) is 0 Å². The molecular weight excluding hydrogens is 420 g/mol. The topological polar surface area (TPSA) is 78.9 Å². The molecule has 0 aromatic rings. The van der Waals surface area contributed by atoms with E-state index >= 15 is 0 Å². The van der Waals surface area contributed by atoms with E-state index in [2.05, 4.69) is 40.7 Å². The van der Waals surface area contributed by atoms with Crippen LogP contribution in [-0.4, -0.2) is 37.2 Å². The van der Waals surface area contributed by atoms with Gasteiger partial charge in [-0.05, 0) is 60.2 Å². The lowest BCUT2D eigenvalue weighted by Gasteiger charge is -2.63. The van der Waals surface area contributed by atoms with Crippen LogP contribution in [0.1, 0.15) is 87.0 Å². The van der Waals surface area contributed by atoms with Crippen LogP contribution in [0.3, 0.4) is 0 Å². The van der Waals surface area contributed by atoms with Gasteiger partial charge < -0.3 is 14.2 Å². The van der Waals surface area contributed by atoms with E-state index < -0.39 is 18.0 Å². The molecule has 6 nitrogen and oxygen atoms in total. The minimum atomic E-state index is -0.801. The Balaban J connectivity index is 1.82. The third kappa shape index (κ3) is 4.85. The van der Waals surface area contributed by atoms with E-state index in [0.29, 0.717) is 5.92 Å². The largest absolute Gasteiger partial charge is 0.462 e. The van der Waals surface area contributed by atoms with Gasteiger partial charge in [-0.3, -0.25) is 14.4 Å². The van der Waals surface area contributed by atoms with Crippen LogP contribution in [0.2, 0.25) is 0 Å². The second-order valence-corrected chi connectivity index (χ2v) is 11.7. The molecule has 0 bridgehead atoms. The average molecular weight is 463 g/mol. The molecule has 2 saturated carbocycles. The highest BCUT2D eigenvalue weighted by Gasteiger charge is 2.62. The highest BCUT2D eigenvalue weighted by atomic mass is 16.6. The first kappa shape index (κ1) is 25.8. The molecule has 0 unspecified atom stereocenters. The van der Waals surface area contributed by atoms with Crippen LogP contribution in [-0.2, 0) is 28.6 Å². The van der Waals surface area contributed by atoms with Crippen molar-refractivity contribution >= 4 is 17.9 Å². The molecule has 0 heterocycles. The molecular formula is C27H42O6. The predicted molar refractivity (Wildman–Crippen MR) is 125 cm³/mol. The summed E-state index contributed by atoms with van der Waals surface area (Å²) in [5, 5.41) is 0. The number of esters is 3. The van der Waals surface area contributed by atoms with Gasteiger partial charge in [0.25, 0.3) is 0 Å². The maximum Gasteiger partial charge on any atom is 0.309 e. The normalized spacial score (nSPS) is 35.8. The van der Waals surface area contributed by atoms with Gasteiger partial charge in [0.15, 0.2) is 6.10 Å². The Morgan fingerprint density at radius 1 is 0.970 bits per heavy atom. The first-order valence-electron chi connectivity index (χ1n) is 12.5. The number of hydrogen-bond acceptors (Lipinski definition) is 6. The Kier molecular flexibility index (Phi) is 7.36. The van der Waals surface area contributed by atoms with Gasteiger partial charge in [0.05, 0.1) is 5.92 Å². The number of carbonyl (C=O) groups excluding carboxylic acids is 3. The summed E-state index contributed by atoms with van der Waals surface area (Å²) >= 11 is 0. The van der Waals surface area contributed by atoms with Gasteiger partial charge >= 0.3 is 17.9 Å². The van der Waals surface area contributed by atoms with Crippen LogP contribution in [0.25, 0.3) is 0 Å². The zero-order chi connectivity index (χ0) is 24.6. The van der Waals surface area contributed by atoms with Crippen LogP contribution in [0.15, 0.2) is 11.6 Å². The summed E-state index contributed by atoms with van der Waals surface area (Å²) in [6, 6.07) is 0. The summed E-state index contributed by atoms with van der Waals surface area (Å²) in [4.78, 5) is 36.2. The Hall–Kier alpha value is -1.85. The average Bonchev–Trinajstić information content (AvgIpc) is 2.70. The lowest BCUT2D eigenvalue weighted by atomic mass is 9.40. The van der Waals surface area contributed by atoms with Crippen molar-refractivity contribution in [1.82, 2.24) is 0 Å². The number of allylic oxidation sites excluding steroid dienone is 2. The van der Waals surface area contributed by atoms with E-state index in [1.54, 1.807) is 5.57 Å². The Labute approximate surface area is 198 Å². The molecule has 3 aliphatic rings. The smallest absolute Gasteiger partial charge is 0.309 e. The molecule has 3 rings (SSSR count). The lowest BCUT2D eigenvalue weighted by molar-refractivity contribution is -0.181. The molecule has 0 aromatic heterocycles. The second kappa shape index (κ2) is 9.42. The fourth-order valence-electron chi connectivity index (χ4n) is 7.14. The highest BCUT2D eigenvalue weighted by molar-refractivity contribution is 5.74. The van der Waals surface area contributed by atoms with Gasteiger partial charge in [-0.1, -0.05) is 52.7 Å². The summed E-state index contributed by atoms with van der Waals surface area (Å²) in [6.45, 7) is 13.9. The summed E-state index contributed by atoms with van der Waals surface area (Å²) in [5.74, 6) is -0.724. The quantitative estimate of drug-likeness (QED) is 0.305. The standard InChI is InChI=1S/C27H42O6/c1-17-10-13-26(6)22-9-8-12-25(4,5)21(22)11-14-27(26,7)23(17)24(30)32-16-20(33-19(3)29)15-31-18(2)28/h11,17,20,22-23H,8-10,12-16H2,1-7H3/t17-,20+,22+,23-,26-,27-/m1/s1. The third-order valence-electron chi connectivity index (χ3n) is 9.12. The van der Waals surface area contributed by atoms with E-state index in [4.69, 9.17) is 14.2 Å². The molecule has 0 spiro atoms. The molecule has 2 fully saturated rings. The molecule has 0 radical (unpaired) electrons.